The minimum Gasteiger partial charge on any atom is -0.368 e. The molecule has 1 unspecified atom stereocenters. The molecule has 1 aliphatic carbocycles. The Hall–Kier alpha value is -2.25. The maximum atomic E-state index is 12.2. The maximum absolute atomic E-state index is 12.2. The number of carbonyl (C=O) groups is 1. The van der Waals surface area contributed by atoms with E-state index >= 15 is 0 Å². The van der Waals surface area contributed by atoms with Crippen LogP contribution in [0.2, 0.25) is 0 Å². The fourth-order valence-corrected chi connectivity index (χ4v) is 3.51. The normalized spacial score (nSPS) is 22.2. The predicted octanol–water partition coefficient (Wildman–Crippen LogP) is 2.58. The third-order valence-corrected chi connectivity index (χ3v) is 4.97. The highest BCUT2D eigenvalue weighted by Gasteiger charge is 2.36. The molecule has 0 bridgehead atoms. The Morgan fingerprint density at radius 2 is 2.12 bits per heavy atom. The van der Waals surface area contributed by atoms with E-state index < -0.39 is 5.54 Å². The molecule has 4 rings (SSSR count). The zero-order chi connectivity index (χ0) is 17.3. The molecule has 1 aromatic carbocycles. The lowest BCUT2D eigenvalue weighted by molar-refractivity contribution is -0.124. The molecule has 2 aromatic rings. The first-order chi connectivity index (χ1) is 12.1. The molecule has 1 saturated carbocycles. The van der Waals surface area contributed by atoms with Crippen LogP contribution in [-0.4, -0.2) is 28.8 Å². The van der Waals surface area contributed by atoms with E-state index in [0.717, 1.165) is 44.1 Å². The van der Waals surface area contributed by atoms with Gasteiger partial charge in [-0.05, 0) is 43.9 Å². The van der Waals surface area contributed by atoms with Crippen molar-refractivity contribution in [2.45, 2.75) is 50.2 Å². The van der Waals surface area contributed by atoms with Gasteiger partial charge in [0.25, 0.3) is 11.8 Å². The maximum Gasteiger partial charge on any atom is 0.258 e. The molecule has 1 atom stereocenters. The van der Waals surface area contributed by atoms with Gasteiger partial charge in [0.05, 0.1) is 5.54 Å². The molecule has 1 amide bonds. The zero-order valence-corrected chi connectivity index (χ0v) is 14.0. The molecule has 7 heteroatoms. The molecule has 3 N–H and O–H groups in total. The summed E-state index contributed by atoms with van der Waals surface area (Å²) in [6.07, 6.45) is 5.25. The number of aromatic nitrogens is 2. The van der Waals surface area contributed by atoms with Gasteiger partial charge >= 0.3 is 0 Å². The van der Waals surface area contributed by atoms with Crippen LogP contribution < -0.4 is 11.1 Å². The van der Waals surface area contributed by atoms with E-state index in [4.69, 9.17) is 15.0 Å². The SMILES string of the molecule is NC1(c2noc(-c3cccc(NC(=O)C4CCCO4)c3)n2)CCCC1. The second-order valence-corrected chi connectivity index (χ2v) is 6.86. The van der Waals surface area contributed by atoms with E-state index in [0.29, 0.717) is 24.0 Å². The van der Waals surface area contributed by atoms with E-state index in [1.807, 2.05) is 24.3 Å². The highest BCUT2D eigenvalue weighted by Crippen LogP contribution is 2.35. The van der Waals surface area contributed by atoms with Gasteiger partial charge < -0.3 is 20.3 Å². The molecule has 1 saturated heterocycles. The summed E-state index contributed by atoms with van der Waals surface area (Å²) in [7, 11) is 0. The first-order valence-corrected chi connectivity index (χ1v) is 8.80. The van der Waals surface area contributed by atoms with Gasteiger partial charge in [0, 0.05) is 17.9 Å². The quantitative estimate of drug-likeness (QED) is 0.885. The minimum atomic E-state index is -0.479. The predicted molar refractivity (Wildman–Crippen MR) is 91.7 cm³/mol. The van der Waals surface area contributed by atoms with Gasteiger partial charge in [-0.1, -0.05) is 24.1 Å². The third kappa shape index (κ3) is 3.29. The van der Waals surface area contributed by atoms with Crippen LogP contribution >= 0.6 is 0 Å². The third-order valence-electron chi connectivity index (χ3n) is 4.97. The minimum absolute atomic E-state index is 0.118. The van der Waals surface area contributed by atoms with Gasteiger partial charge in [-0.2, -0.15) is 4.98 Å². The lowest BCUT2D eigenvalue weighted by Crippen LogP contribution is -2.34. The molecule has 0 spiro atoms. The Bertz CT molecular complexity index is 761. The first-order valence-electron chi connectivity index (χ1n) is 8.80. The number of anilines is 1. The van der Waals surface area contributed by atoms with Gasteiger partial charge in [-0.25, -0.2) is 0 Å². The van der Waals surface area contributed by atoms with Gasteiger partial charge in [0.2, 0.25) is 0 Å². The molecule has 2 aliphatic rings. The van der Waals surface area contributed by atoms with Crippen molar-refractivity contribution in [1.82, 2.24) is 10.1 Å². The Morgan fingerprint density at radius 1 is 1.28 bits per heavy atom. The average Bonchev–Trinajstić information content (AvgIpc) is 3.37. The fraction of sp³-hybridized carbons (Fsp3) is 0.500. The molecule has 132 valence electrons. The van der Waals surface area contributed by atoms with Crippen LogP contribution in [0.15, 0.2) is 28.8 Å². The summed E-state index contributed by atoms with van der Waals surface area (Å²) in [5, 5.41) is 6.97. The fourth-order valence-electron chi connectivity index (χ4n) is 3.51. The monoisotopic (exact) mass is 342 g/mol. The van der Waals surface area contributed by atoms with Gasteiger partial charge in [-0.15, -0.1) is 0 Å². The summed E-state index contributed by atoms with van der Waals surface area (Å²) in [5.41, 5.74) is 7.34. The van der Waals surface area contributed by atoms with Gasteiger partial charge in [-0.3, -0.25) is 4.79 Å². The van der Waals surface area contributed by atoms with Crippen molar-refractivity contribution in [3.8, 4) is 11.5 Å². The molecule has 7 nitrogen and oxygen atoms in total. The number of nitrogens with two attached hydrogens (primary N) is 1. The summed E-state index contributed by atoms with van der Waals surface area (Å²) in [6.45, 7) is 0.643. The number of ether oxygens (including phenoxy) is 1. The molecule has 1 aromatic heterocycles. The second kappa shape index (κ2) is 6.57. The Labute approximate surface area is 145 Å². The standard InChI is InChI=1S/C18H22N4O3/c19-18(8-1-2-9-18)17-21-16(25-22-17)12-5-3-6-13(11-12)20-15(23)14-7-4-10-24-14/h3,5-6,11,14H,1-2,4,7-10,19H2,(H,20,23). The van der Waals surface area contributed by atoms with Crippen LogP contribution in [0.5, 0.6) is 0 Å². The summed E-state index contributed by atoms with van der Waals surface area (Å²) in [5.74, 6) is 0.862. The first kappa shape index (κ1) is 16.2. The molecule has 2 heterocycles. The van der Waals surface area contributed by atoms with Crippen LogP contribution in [0.4, 0.5) is 5.69 Å². The van der Waals surface area contributed by atoms with Crippen molar-refractivity contribution in [3.63, 3.8) is 0 Å². The Morgan fingerprint density at radius 3 is 2.88 bits per heavy atom. The molecular formula is C18H22N4O3. The molecule has 1 aliphatic heterocycles. The average molecular weight is 342 g/mol. The van der Waals surface area contributed by atoms with Crippen LogP contribution in [0, 0.1) is 0 Å². The van der Waals surface area contributed by atoms with E-state index in [1.165, 1.54) is 0 Å². The second-order valence-electron chi connectivity index (χ2n) is 6.86. The van der Waals surface area contributed by atoms with E-state index in [1.54, 1.807) is 0 Å². The number of nitrogens with zero attached hydrogens (tertiary/aromatic N) is 2. The molecule has 2 fully saturated rings. The van der Waals surface area contributed by atoms with Crippen molar-refractivity contribution < 1.29 is 14.1 Å². The summed E-state index contributed by atoms with van der Waals surface area (Å²) < 4.78 is 10.8. The number of nitrogens with one attached hydrogen (secondary N) is 1. The molecule has 0 radical (unpaired) electrons. The Balaban J connectivity index is 1.51. The largest absolute Gasteiger partial charge is 0.368 e. The lowest BCUT2D eigenvalue weighted by atomic mass is 9.99. The summed E-state index contributed by atoms with van der Waals surface area (Å²) in [6, 6.07) is 7.37. The lowest BCUT2D eigenvalue weighted by Gasteiger charge is -2.17. The van der Waals surface area contributed by atoms with Gasteiger partial charge in [0.15, 0.2) is 5.82 Å². The highest BCUT2D eigenvalue weighted by atomic mass is 16.5. The van der Waals surface area contributed by atoms with Crippen LogP contribution in [0.3, 0.4) is 0 Å². The summed E-state index contributed by atoms with van der Waals surface area (Å²) in [4.78, 5) is 16.7. The van der Waals surface area contributed by atoms with Crippen LogP contribution in [-0.2, 0) is 15.1 Å². The highest BCUT2D eigenvalue weighted by molar-refractivity contribution is 5.94. The number of rotatable bonds is 4. The van der Waals surface area contributed by atoms with Crippen molar-refractivity contribution in [3.05, 3.63) is 30.1 Å². The number of amides is 1. The van der Waals surface area contributed by atoms with Crippen molar-refractivity contribution in [1.29, 1.82) is 0 Å². The molecule has 25 heavy (non-hydrogen) atoms. The smallest absolute Gasteiger partial charge is 0.258 e. The van der Waals surface area contributed by atoms with Gasteiger partial charge in [0.1, 0.15) is 6.10 Å². The van der Waals surface area contributed by atoms with Crippen molar-refractivity contribution in [2.75, 3.05) is 11.9 Å². The van der Waals surface area contributed by atoms with E-state index in [9.17, 15) is 4.79 Å². The molecular weight excluding hydrogens is 320 g/mol. The number of hydrogen-bond acceptors (Lipinski definition) is 6. The van der Waals surface area contributed by atoms with Crippen molar-refractivity contribution in [2.24, 2.45) is 5.73 Å². The number of hydrogen-bond donors (Lipinski definition) is 2. The van der Waals surface area contributed by atoms with Crippen molar-refractivity contribution >= 4 is 11.6 Å². The number of benzene rings is 1. The van der Waals surface area contributed by atoms with E-state index in [-0.39, 0.29) is 12.0 Å². The summed E-state index contributed by atoms with van der Waals surface area (Å²) >= 11 is 0. The van der Waals surface area contributed by atoms with E-state index in [2.05, 4.69) is 15.5 Å². The van der Waals surface area contributed by atoms with Crippen LogP contribution in [0.1, 0.15) is 44.3 Å². The zero-order valence-electron chi connectivity index (χ0n) is 14.0. The Kier molecular flexibility index (Phi) is 4.27. The topological polar surface area (TPSA) is 103 Å². The number of carbonyl (C=O) groups excluding carboxylic acids is 1. The van der Waals surface area contributed by atoms with Crippen LogP contribution in [0.25, 0.3) is 11.5 Å².